The third-order valence-corrected chi connectivity index (χ3v) is 6.60. The van der Waals surface area contributed by atoms with Crippen LogP contribution < -0.4 is 4.74 Å². The van der Waals surface area contributed by atoms with Crippen molar-refractivity contribution in [1.82, 2.24) is 0 Å². The highest BCUT2D eigenvalue weighted by Gasteiger charge is 2.22. The molecule has 3 nitrogen and oxygen atoms in total. The monoisotopic (exact) mass is 417 g/mol. The minimum absolute atomic E-state index is 0.338. The Labute approximate surface area is 187 Å². The quantitative estimate of drug-likeness (QED) is 0.240. The van der Waals surface area contributed by atoms with Gasteiger partial charge in [0.05, 0.1) is 11.1 Å². The largest absolute Gasteiger partial charge is 0.422 e. The predicted molar refractivity (Wildman–Crippen MR) is 125 cm³/mol. The molecule has 0 aliphatic heterocycles. The van der Waals surface area contributed by atoms with Gasteiger partial charge in [-0.2, -0.15) is 5.26 Å². The molecule has 2 aromatic carbocycles. The van der Waals surface area contributed by atoms with Gasteiger partial charge in [-0.05, 0) is 85.8 Å². The van der Waals surface area contributed by atoms with Crippen molar-refractivity contribution in [3.63, 3.8) is 0 Å². The van der Waals surface area contributed by atoms with Crippen molar-refractivity contribution in [2.45, 2.75) is 84.0 Å². The van der Waals surface area contributed by atoms with Gasteiger partial charge in [-0.25, -0.2) is 4.79 Å². The van der Waals surface area contributed by atoms with Gasteiger partial charge >= 0.3 is 5.97 Å². The lowest BCUT2D eigenvalue weighted by molar-refractivity contribution is 0.0734. The smallest absolute Gasteiger partial charge is 0.343 e. The summed E-state index contributed by atoms with van der Waals surface area (Å²) in [5.41, 5.74) is 3.38. The van der Waals surface area contributed by atoms with Gasteiger partial charge in [-0.1, -0.05) is 57.7 Å². The zero-order valence-corrected chi connectivity index (χ0v) is 19.0. The van der Waals surface area contributed by atoms with Crippen molar-refractivity contribution in [2.75, 3.05) is 0 Å². The molecule has 0 N–H and O–H groups in total. The van der Waals surface area contributed by atoms with Crippen LogP contribution in [0.25, 0.3) is 0 Å². The molecule has 3 heteroatoms. The SMILES string of the molecule is CCCCCc1ccc(OC(=O)c2ccc([C@H]3CC[C@H](CCC)CC3)cc2)c(C#N)c1. The first-order valence-corrected chi connectivity index (χ1v) is 12.0. The van der Waals surface area contributed by atoms with Crippen molar-refractivity contribution in [3.05, 3.63) is 64.7 Å². The number of unbranched alkanes of at least 4 members (excludes halogenated alkanes) is 2. The second kappa shape index (κ2) is 11.7. The van der Waals surface area contributed by atoms with E-state index in [0.29, 0.717) is 22.8 Å². The van der Waals surface area contributed by atoms with E-state index in [0.717, 1.165) is 24.3 Å². The molecule has 0 radical (unpaired) electrons. The summed E-state index contributed by atoms with van der Waals surface area (Å²) in [5, 5.41) is 9.49. The Hall–Kier alpha value is -2.60. The highest BCUT2D eigenvalue weighted by Crippen LogP contribution is 2.37. The van der Waals surface area contributed by atoms with Gasteiger partial charge in [0, 0.05) is 0 Å². The van der Waals surface area contributed by atoms with Crippen LogP contribution in [0.5, 0.6) is 5.75 Å². The number of hydrogen-bond donors (Lipinski definition) is 0. The second-order valence-corrected chi connectivity index (χ2v) is 8.92. The van der Waals surface area contributed by atoms with E-state index >= 15 is 0 Å². The molecule has 0 saturated heterocycles. The molecular formula is C28H35NO2. The average Bonchev–Trinajstić information content (AvgIpc) is 2.81. The third-order valence-electron chi connectivity index (χ3n) is 6.60. The molecule has 164 valence electrons. The molecule has 0 bridgehead atoms. The number of hydrogen-bond acceptors (Lipinski definition) is 3. The van der Waals surface area contributed by atoms with Crippen LogP contribution in [-0.2, 0) is 6.42 Å². The molecule has 0 aromatic heterocycles. The van der Waals surface area contributed by atoms with E-state index in [9.17, 15) is 10.1 Å². The molecule has 0 unspecified atom stereocenters. The molecule has 1 aliphatic carbocycles. The van der Waals surface area contributed by atoms with Gasteiger partial charge in [-0.15, -0.1) is 0 Å². The molecule has 3 rings (SSSR count). The van der Waals surface area contributed by atoms with E-state index < -0.39 is 5.97 Å². The van der Waals surface area contributed by atoms with Crippen molar-refractivity contribution >= 4 is 5.97 Å². The normalized spacial score (nSPS) is 18.4. The fourth-order valence-corrected chi connectivity index (χ4v) is 4.73. The number of ether oxygens (including phenoxy) is 1. The lowest BCUT2D eigenvalue weighted by Gasteiger charge is -2.28. The third kappa shape index (κ3) is 6.44. The van der Waals surface area contributed by atoms with Crippen LogP contribution in [-0.4, -0.2) is 5.97 Å². The summed E-state index contributed by atoms with van der Waals surface area (Å²) in [7, 11) is 0. The molecule has 0 amide bonds. The maximum Gasteiger partial charge on any atom is 0.343 e. The summed E-state index contributed by atoms with van der Waals surface area (Å²) < 4.78 is 5.57. The average molecular weight is 418 g/mol. The van der Waals surface area contributed by atoms with E-state index in [1.54, 1.807) is 6.07 Å². The second-order valence-electron chi connectivity index (χ2n) is 8.92. The maximum absolute atomic E-state index is 12.6. The van der Waals surface area contributed by atoms with Gasteiger partial charge in [-0.3, -0.25) is 0 Å². The van der Waals surface area contributed by atoms with E-state index in [4.69, 9.17) is 4.74 Å². The number of nitriles is 1. The first-order valence-electron chi connectivity index (χ1n) is 12.0. The first-order chi connectivity index (χ1) is 15.1. The minimum Gasteiger partial charge on any atom is -0.422 e. The Morgan fingerprint density at radius 3 is 2.39 bits per heavy atom. The zero-order valence-electron chi connectivity index (χ0n) is 19.0. The fraction of sp³-hybridized carbons (Fsp3) is 0.500. The summed E-state index contributed by atoms with van der Waals surface area (Å²) >= 11 is 0. The van der Waals surface area contributed by atoms with Crippen LogP contribution in [0.1, 0.15) is 105 Å². The summed E-state index contributed by atoms with van der Waals surface area (Å²) in [6.45, 7) is 4.44. The Morgan fingerprint density at radius 2 is 1.74 bits per heavy atom. The highest BCUT2D eigenvalue weighted by atomic mass is 16.5. The van der Waals surface area contributed by atoms with Crippen molar-refractivity contribution < 1.29 is 9.53 Å². The lowest BCUT2D eigenvalue weighted by Crippen LogP contribution is -2.14. The van der Waals surface area contributed by atoms with Crippen molar-refractivity contribution in [1.29, 1.82) is 5.26 Å². The molecular weight excluding hydrogens is 382 g/mol. The minimum atomic E-state index is -0.409. The number of esters is 1. The van der Waals surface area contributed by atoms with E-state index in [-0.39, 0.29) is 0 Å². The molecule has 1 aliphatic rings. The summed E-state index contributed by atoms with van der Waals surface area (Å²) in [6.07, 6.45) is 12.1. The van der Waals surface area contributed by atoms with Crippen molar-refractivity contribution in [2.24, 2.45) is 5.92 Å². The summed E-state index contributed by atoms with van der Waals surface area (Å²) in [5.74, 6) is 1.42. The van der Waals surface area contributed by atoms with Crippen LogP contribution in [0, 0.1) is 17.2 Å². The maximum atomic E-state index is 12.6. The van der Waals surface area contributed by atoms with Gasteiger partial charge in [0.25, 0.3) is 0 Å². The Balaban J connectivity index is 1.60. The van der Waals surface area contributed by atoms with Gasteiger partial charge in [0.2, 0.25) is 0 Å². The number of benzene rings is 2. The number of carbonyl (C=O) groups is 1. The Bertz CT molecular complexity index is 886. The van der Waals surface area contributed by atoms with Crippen LogP contribution >= 0.6 is 0 Å². The van der Waals surface area contributed by atoms with Gasteiger partial charge < -0.3 is 4.74 Å². The highest BCUT2D eigenvalue weighted by molar-refractivity contribution is 5.91. The number of carbonyl (C=O) groups excluding carboxylic acids is 1. The van der Waals surface area contributed by atoms with E-state index in [1.807, 2.05) is 24.3 Å². The Morgan fingerprint density at radius 1 is 1.00 bits per heavy atom. The Kier molecular flexibility index (Phi) is 8.71. The number of rotatable bonds is 9. The molecule has 0 heterocycles. The van der Waals surface area contributed by atoms with Crippen molar-refractivity contribution in [3.8, 4) is 11.8 Å². The van der Waals surface area contributed by atoms with Crippen LogP contribution in [0.2, 0.25) is 0 Å². The fourth-order valence-electron chi connectivity index (χ4n) is 4.73. The summed E-state index contributed by atoms with van der Waals surface area (Å²) in [6, 6.07) is 15.6. The van der Waals surface area contributed by atoms with Gasteiger partial charge in [0.15, 0.2) is 0 Å². The predicted octanol–water partition coefficient (Wildman–Crippen LogP) is 7.58. The molecule has 1 fully saturated rings. The lowest BCUT2D eigenvalue weighted by atomic mass is 9.77. The summed E-state index contributed by atoms with van der Waals surface area (Å²) in [4.78, 5) is 12.6. The standard InChI is InChI=1S/C28H35NO2/c1-3-5-6-8-22-11-18-27(26(19-22)20-29)31-28(30)25-16-14-24(15-17-25)23-12-9-21(7-4-2)10-13-23/h11,14-19,21,23H,3-10,12-13H2,1-2H3/t21-,23-. The molecule has 2 aromatic rings. The van der Waals surface area contributed by atoms with E-state index in [1.165, 1.54) is 56.9 Å². The number of nitrogens with zero attached hydrogens (tertiary/aromatic N) is 1. The zero-order chi connectivity index (χ0) is 22.1. The van der Waals surface area contributed by atoms with E-state index in [2.05, 4.69) is 32.0 Å². The molecule has 31 heavy (non-hydrogen) atoms. The van der Waals surface area contributed by atoms with Gasteiger partial charge in [0.1, 0.15) is 11.8 Å². The van der Waals surface area contributed by atoms with Crippen LogP contribution in [0.4, 0.5) is 0 Å². The van der Waals surface area contributed by atoms with Crippen LogP contribution in [0.3, 0.4) is 0 Å². The molecule has 0 spiro atoms. The molecule has 0 atom stereocenters. The van der Waals surface area contributed by atoms with Crippen LogP contribution in [0.15, 0.2) is 42.5 Å². The molecule has 1 saturated carbocycles. The number of aryl methyl sites for hydroxylation is 1. The first kappa shape index (κ1) is 23.1. The topological polar surface area (TPSA) is 50.1 Å².